The maximum absolute atomic E-state index is 11.0. The average molecular weight is 270 g/mol. The fraction of sp³-hybridized carbons (Fsp3) is 0.250. The largest absolute Gasteiger partial charge is 0.490 e. The zero-order valence-corrected chi connectivity index (χ0v) is 11.9. The summed E-state index contributed by atoms with van der Waals surface area (Å²) < 4.78 is 5.80. The van der Waals surface area contributed by atoms with Crippen LogP contribution in [0.4, 0.5) is 5.82 Å². The lowest BCUT2D eigenvalue weighted by Crippen LogP contribution is -2.07. The van der Waals surface area contributed by atoms with E-state index >= 15 is 0 Å². The third-order valence-electron chi connectivity index (χ3n) is 2.63. The Morgan fingerprint density at radius 2 is 1.95 bits per heavy atom. The summed E-state index contributed by atoms with van der Waals surface area (Å²) in [5, 5.41) is 2.65. The van der Waals surface area contributed by atoms with Crippen LogP contribution >= 0.6 is 0 Å². The van der Waals surface area contributed by atoms with Gasteiger partial charge in [-0.2, -0.15) is 0 Å². The van der Waals surface area contributed by atoms with Crippen LogP contribution in [0.3, 0.4) is 0 Å². The van der Waals surface area contributed by atoms with Crippen LogP contribution in [0.1, 0.15) is 20.8 Å². The first-order valence-electron chi connectivity index (χ1n) is 6.56. The van der Waals surface area contributed by atoms with Gasteiger partial charge >= 0.3 is 0 Å². The molecule has 0 saturated carbocycles. The van der Waals surface area contributed by atoms with E-state index in [4.69, 9.17) is 4.74 Å². The standard InChI is InChI=1S/C16H18N2O2/c1-11(2)20-15-7-5-4-6-14(15)13-8-9-16(17-10-13)18-12(3)19/h4-11H,1-3H3,(H,17,18,19). The molecule has 1 heterocycles. The van der Waals surface area contributed by atoms with Crippen LogP contribution in [0.2, 0.25) is 0 Å². The predicted molar refractivity (Wildman–Crippen MR) is 79.7 cm³/mol. The number of nitrogens with zero attached hydrogens (tertiary/aromatic N) is 1. The number of aromatic nitrogens is 1. The highest BCUT2D eigenvalue weighted by atomic mass is 16.5. The Hall–Kier alpha value is -2.36. The van der Waals surface area contributed by atoms with Crippen molar-refractivity contribution in [3.63, 3.8) is 0 Å². The molecule has 0 aliphatic heterocycles. The number of rotatable bonds is 4. The number of hydrogen-bond donors (Lipinski definition) is 1. The van der Waals surface area contributed by atoms with E-state index in [0.717, 1.165) is 16.9 Å². The molecule has 0 unspecified atom stereocenters. The first-order valence-corrected chi connectivity index (χ1v) is 6.56. The van der Waals surface area contributed by atoms with Crippen LogP contribution < -0.4 is 10.1 Å². The molecular weight excluding hydrogens is 252 g/mol. The number of pyridine rings is 1. The summed E-state index contributed by atoms with van der Waals surface area (Å²) in [5.41, 5.74) is 1.94. The number of carbonyl (C=O) groups is 1. The molecule has 1 N–H and O–H groups in total. The van der Waals surface area contributed by atoms with E-state index < -0.39 is 0 Å². The summed E-state index contributed by atoms with van der Waals surface area (Å²) in [7, 11) is 0. The molecule has 4 nitrogen and oxygen atoms in total. The van der Waals surface area contributed by atoms with Gasteiger partial charge in [0.15, 0.2) is 0 Å². The van der Waals surface area contributed by atoms with Gasteiger partial charge in [-0.1, -0.05) is 18.2 Å². The number of nitrogens with one attached hydrogen (secondary N) is 1. The van der Waals surface area contributed by atoms with E-state index in [1.807, 2.05) is 44.2 Å². The van der Waals surface area contributed by atoms with Gasteiger partial charge < -0.3 is 10.1 Å². The normalized spacial score (nSPS) is 10.4. The molecular formula is C16H18N2O2. The van der Waals surface area contributed by atoms with Crippen molar-refractivity contribution in [1.82, 2.24) is 4.98 Å². The second kappa shape index (κ2) is 6.19. The molecule has 1 aromatic heterocycles. The van der Waals surface area contributed by atoms with Gasteiger partial charge in [0.1, 0.15) is 11.6 Å². The lowest BCUT2D eigenvalue weighted by atomic mass is 10.1. The van der Waals surface area contributed by atoms with Crippen molar-refractivity contribution in [1.29, 1.82) is 0 Å². The first kappa shape index (κ1) is 14.1. The third-order valence-corrected chi connectivity index (χ3v) is 2.63. The van der Waals surface area contributed by atoms with Crippen molar-refractivity contribution in [3.05, 3.63) is 42.6 Å². The van der Waals surface area contributed by atoms with E-state index in [9.17, 15) is 4.79 Å². The highest BCUT2D eigenvalue weighted by molar-refractivity contribution is 5.87. The Labute approximate surface area is 118 Å². The minimum atomic E-state index is -0.131. The van der Waals surface area contributed by atoms with Gasteiger partial charge in [-0.3, -0.25) is 4.79 Å². The van der Waals surface area contributed by atoms with Crippen LogP contribution in [0.15, 0.2) is 42.6 Å². The highest BCUT2D eigenvalue weighted by Gasteiger charge is 2.08. The molecule has 20 heavy (non-hydrogen) atoms. The van der Waals surface area contributed by atoms with Crippen LogP contribution in [0.5, 0.6) is 5.75 Å². The number of amides is 1. The van der Waals surface area contributed by atoms with E-state index in [-0.39, 0.29) is 12.0 Å². The fourth-order valence-electron chi connectivity index (χ4n) is 1.87. The van der Waals surface area contributed by atoms with Crippen LogP contribution in [-0.4, -0.2) is 17.0 Å². The van der Waals surface area contributed by atoms with Crippen molar-refractivity contribution < 1.29 is 9.53 Å². The number of benzene rings is 1. The summed E-state index contributed by atoms with van der Waals surface area (Å²) >= 11 is 0. The smallest absolute Gasteiger partial charge is 0.222 e. The lowest BCUT2D eigenvalue weighted by molar-refractivity contribution is -0.114. The molecule has 2 rings (SSSR count). The van der Waals surface area contributed by atoms with Crippen molar-refractivity contribution in [2.45, 2.75) is 26.9 Å². The zero-order valence-electron chi connectivity index (χ0n) is 11.9. The lowest BCUT2D eigenvalue weighted by Gasteiger charge is -2.14. The fourth-order valence-corrected chi connectivity index (χ4v) is 1.87. The molecule has 4 heteroatoms. The number of para-hydroxylation sites is 1. The van der Waals surface area contributed by atoms with Crippen LogP contribution in [0.25, 0.3) is 11.1 Å². The van der Waals surface area contributed by atoms with Gasteiger partial charge in [0.25, 0.3) is 0 Å². The molecule has 1 amide bonds. The first-order chi connectivity index (χ1) is 9.56. The average Bonchev–Trinajstić information content (AvgIpc) is 2.39. The number of hydrogen-bond acceptors (Lipinski definition) is 3. The molecule has 0 saturated heterocycles. The number of ether oxygens (including phenoxy) is 1. The minimum absolute atomic E-state index is 0.114. The predicted octanol–water partition coefficient (Wildman–Crippen LogP) is 3.49. The summed E-state index contributed by atoms with van der Waals surface area (Å²) in [6.45, 7) is 5.45. The van der Waals surface area contributed by atoms with Crippen molar-refractivity contribution >= 4 is 11.7 Å². The quantitative estimate of drug-likeness (QED) is 0.925. The maximum Gasteiger partial charge on any atom is 0.222 e. The minimum Gasteiger partial charge on any atom is -0.490 e. The van der Waals surface area contributed by atoms with Gasteiger partial charge in [0, 0.05) is 24.2 Å². The van der Waals surface area contributed by atoms with E-state index in [0.29, 0.717) is 5.82 Å². The second-order valence-corrected chi connectivity index (χ2v) is 4.78. The summed E-state index contributed by atoms with van der Waals surface area (Å²) in [6, 6.07) is 11.5. The molecule has 0 radical (unpaired) electrons. The molecule has 0 bridgehead atoms. The van der Waals surface area contributed by atoms with E-state index in [1.54, 1.807) is 12.3 Å². The molecule has 0 aliphatic rings. The van der Waals surface area contributed by atoms with E-state index in [1.165, 1.54) is 6.92 Å². The highest BCUT2D eigenvalue weighted by Crippen LogP contribution is 2.30. The molecule has 104 valence electrons. The zero-order chi connectivity index (χ0) is 14.5. The molecule has 2 aromatic rings. The van der Waals surface area contributed by atoms with Gasteiger partial charge in [0.2, 0.25) is 5.91 Å². The van der Waals surface area contributed by atoms with Gasteiger partial charge in [0.05, 0.1) is 6.10 Å². The topological polar surface area (TPSA) is 51.2 Å². The third kappa shape index (κ3) is 3.57. The van der Waals surface area contributed by atoms with Crippen LogP contribution in [-0.2, 0) is 4.79 Å². The van der Waals surface area contributed by atoms with Gasteiger partial charge in [-0.25, -0.2) is 4.98 Å². The van der Waals surface area contributed by atoms with Crippen molar-refractivity contribution in [3.8, 4) is 16.9 Å². The summed E-state index contributed by atoms with van der Waals surface area (Å²) in [4.78, 5) is 15.2. The van der Waals surface area contributed by atoms with Crippen molar-refractivity contribution in [2.24, 2.45) is 0 Å². The monoisotopic (exact) mass is 270 g/mol. The summed E-state index contributed by atoms with van der Waals surface area (Å²) in [5.74, 6) is 1.24. The Bertz CT molecular complexity index is 592. The Kier molecular flexibility index (Phi) is 4.35. The van der Waals surface area contributed by atoms with Gasteiger partial charge in [-0.05, 0) is 32.0 Å². The molecule has 1 aromatic carbocycles. The molecule has 0 fully saturated rings. The van der Waals surface area contributed by atoms with E-state index in [2.05, 4.69) is 10.3 Å². The molecule has 0 spiro atoms. The number of anilines is 1. The Morgan fingerprint density at radius 1 is 1.20 bits per heavy atom. The molecule has 0 aliphatic carbocycles. The molecule has 0 atom stereocenters. The van der Waals surface area contributed by atoms with Gasteiger partial charge in [-0.15, -0.1) is 0 Å². The Morgan fingerprint density at radius 3 is 2.55 bits per heavy atom. The Balaban J connectivity index is 2.29. The second-order valence-electron chi connectivity index (χ2n) is 4.78. The SMILES string of the molecule is CC(=O)Nc1ccc(-c2ccccc2OC(C)C)cn1. The summed E-state index contributed by atoms with van der Waals surface area (Å²) in [6.07, 6.45) is 1.84. The number of carbonyl (C=O) groups excluding carboxylic acids is 1. The van der Waals surface area contributed by atoms with Crippen molar-refractivity contribution in [2.75, 3.05) is 5.32 Å². The maximum atomic E-state index is 11.0. The van der Waals surface area contributed by atoms with Crippen LogP contribution in [0, 0.1) is 0 Å².